The van der Waals surface area contributed by atoms with Crippen molar-refractivity contribution in [3.8, 4) is 0 Å². The maximum Gasteiger partial charge on any atom is 0.0599 e. The molecule has 1 fully saturated rings. The summed E-state index contributed by atoms with van der Waals surface area (Å²) in [6.45, 7) is 5.30. The van der Waals surface area contributed by atoms with E-state index in [0.717, 1.165) is 6.61 Å². The molecule has 0 saturated carbocycles. The topological polar surface area (TPSA) is 24.5 Å². The Morgan fingerprint density at radius 3 is 2.67 bits per heavy atom. The monoisotopic (exact) mass is 288 g/mol. The first-order chi connectivity index (χ1) is 10.3. The Kier molecular flexibility index (Phi) is 4.94. The Bertz CT molecular complexity index is 454. The van der Waals surface area contributed by atoms with E-state index in [1.165, 1.54) is 49.9 Å². The maximum absolute atomic E-state index is 5.79. The molecule has 3 heteroatoms. The van der Waals surface area contributed by atoms with E-state index in [2.05, 4.69) is 48.5 Å². The maximum atomic E-state index is 5.79. The van der Waals surface area contributed by atoms with E-state index in [1.807, 2.05) is 0 Å². The predicted octanol–water partition coefficient (Wildman–Crippen LogP) is 2.76. The molecule has 21 heavy (non-hydrogen) atoms. The molecule has 1 saturated heterocycles. The van der Waals surface area contributed by atoms with Gasteiger partial charge in [0.15, 0.2) is 0 Å². The Hall–Kier alpha value is -0.900. The molecule has 2 unspecified atom stereocenters. The molecule has 1 aliphatic heterocycles. The van der Waals surface area contributed by atoms with Crippen LogP contribution in [0.1, 0.15) is 43.4 Å². The largest absolute Gasteiger partial charge is 0.378 e. The van der Waals surface area contributed by atoms with Crippen molar-refractivity contribution in [2.24, 2.45) is 0 Å². The van der Waals surface area contributed by atoms with E-state index in [9.17, 15) is 0 Å². The molecular weight excluding hydrogens is 260 g/mol. The number of nitrogens with one attached hydrogen (secondary N) is 1. The fraction of sp³-hybridized carbons (Fsp3) is 0.667. The van der Waals surface area contributed by atoms with E-state index in [-0.39, 0.29) is 0 Å². The lowest BCUT2D eigenvalue weighted by molar-refractivity contribution is -0.00269. The summed E-state index contributed by atoms with van der Waals surface area (Å²) in [5, 5.41) is 3.57. The zero-order valence-electron chi connectivity index (χ0n) is 13.3. The highest BCUT2D eigenvalue weighted by molar-refractivity contribution is 5.34. The summed E-state index contributed by atoms with van der Waals surface area (Å²) in [5.41, 5.74) is 3.03. The van der Waals surface area contributed by atoms with Gasteiger partial charge in [0.25, 0.3) is 0 Å². The van der Waals surface area contributed by atoms with Crippen LogP contribution in [-0.4, -0.2) is 43.8 Å². The van der Waals surface area contributed by atoms with E-state index in [4.69, 9.17) is 4.74 Å². The number of nitrogens with zero attached hydrogens (tertiary/aromatic N) is 1. The van der Waals surface area contributed by atoms with Crippen molar-refractivity contribution in [3.63, 3.8) is 0 Å². The molecule has 116 valence electrons. The average Bonchev–Trinajstić information content (AvgIpc) is 2.55. The lowest BCUT2D eigenvalue weighted by Gasteiger charge is -2.43. The van der Waals surface area contributed by atoms with Gasteiger partial charge in [0.1, 0.15) is 0 Å². The third-order valence-corrected chi connectivity index (χ3v) is 5.14. The molecule has 2 atom stereocenters. The van der Waals surface area contributed by atoms with Crippen LogP contribution >= 0.6 is 0 Å². The Balaban J connectivity index is 1.69. The number of fused-ring (bicyclic) bond motifs is 1. The van der Waals surface area contributed by atoms with Gasteiger partial charge in [-0.3, -0.25) is 4.90 Å². The molecule has 0 radical (unpaired) electrons. The fourth-order valence-corrected chi connectivity index (χ4v) is 4.09. The smallest absolute Gasteiger partial charge is 0.0599 e. The van der Waals surface area contributed by atoms with Crippen molar-refractivity contribution in [2.45, 2.75) is 50.8 Å². The summed E-state index contributed by atoms with van der Waals surface area (Å²) in [4.78, 5) is 2.69. The second-order valence-corrected chi connectivity index (χ2v) is 6.26. The lowest BCUT2D eigenvalue weighted by atomic mass is 9.82. The van der Waals surface area contributed by atoms with Gasteiger partial charge in [0, 0.05) is 31.8 Å². The first-order valence-electron chi connectivity index (χ1n) is 8.44. The highest BCUT2D eigenvalue weighted by Crippen LogP contribution is 2.34. The number of benzene rings is 1. The molecule has 1 N–H and O–H groups in total. The van der Waals surface area contributed by atoms with Crippen LogP contribution in [0.2, 0.25) is 0 Å². The van der Waals surface area contributed by atoms with Crippen LogP contribution in [0.4, 0.5) is 0 Å². The van der Waals surface area contributed by atoms with Crippen LogP contribution in [0.5, 0.6) is 0 Å². The molecular formula is C18H28N2O. The molecule has 0 aromatic heterocycles. The standard InChI is InChI=1S/C18H28N2O/c1-3-21-15-10-12-20(13-11-15)17-9-8-14-6-4-5-7-16(14)18(17)19-2/h4-7,15,17-19H,3,8-13H2,1-2H3. The zero-order valence-corrected chi connectivity index (χ0v) is 13.3. The quantitative estimate of drug-likeness (QED) is 0.922. The van der Waals surface area contributed by atoms with E-state index >= 15 is 0 Å². The van der Waals surface area contributed by atoms with Gasteiger partial charge in [-0.15, -0.1) is 0 Å². The number of rotatable bonds is 4. The summed E-state index contributed by atoms with van der Waals surface area (Å²) in [7, 11) is 2.10. The molecule has 1 aliphatic carbocycles. The zero-order chi connectivity index (χ0) is 14.7. The van der Waals surface area contributed by atoms with E-state index in [1.54, 1.807) is 0 Å². The van der Waals surface area contributed by atoms with Gasteiger partial charge in [0.2, 0.25) is 0 Å². The molecule has 1 heterocycles. The normalized spacial score (nSPS) is 27.5. The van der Waals surface area contributed by atoms with Crippen molar-refractivity contribution in [2.75, 3.05) is 26.7 Å². The molecule has 1 aromatic rings. The second-order valence-electron chi connectivity index (χ2n) is 6.26. The summed E-state index contributed by atoms with van der Waals surface area (Å²) in [6, 6.07) is 10.0. The minimum absolute atomic E-state index is 0.471. The van der Waals surface area contributed by atoms with Crippen molar-refractivity contribution in [1.29, 1.82) is 0 Å². The summed E-state index contributed by atoms with van der Waals surface area (Å²) in [5.74, 6) is 0. The molecule has 1 aromatic carbocycles. The molecule has 2 aliphatic rings. The Labute approximate surface area is 128 Å². The van der Waals surface area contributed by atoms with Crippen LogP contribution < -0.4 is 5.32 Å². The highest BCUT2D eigenvalue weighted by Gasteiger charge is 2.34. The Morgan fingerprint density at radius 1 is 1.19 bits per heavy atom. The van der Waals surface area contributed by atoms with Crippen molar-refractivity contribution >= 4 is 0 Å². The fourth-order valence-electron chi connectivity index (χ4n) is 4.09. The van der Waals surface area contributed by atoms with Crippen LogP contribution in [0, 0.1) is 0 Å². The molecule has 0 spiro atoms. The number of hydrogen-bond acceptors (Lipinski definition) is 3. The van der Waals surface area contributed by atoms with E-state index < -0.39 is 0 Å². The Morgan fingerprint density at radius 2 is 1.95 bits per heavy atom. The van der Waals surface area contributed by atoms with Gasteiger partial charge in [-0.1, -0.05) is 24.3 Å². The van der Waals surface area contributed by atoms with Crippen molar-refractivity contribution in [3.05, 3.63) is 35.4 Å². The van der Waals surface area contributed by atoms with Crippen molar-refractivity contribution in [1.82, 2.24) is 10.2 Å². The summed E-state index contributed by atoms with van der Waals surface area (Å²) >= 11 is 0. The second kappa shape index (κ2) is 6.91. The first kappa shape index (κ1) is 15.0. The van der Waals surface area contributed by atoms with Gasteiger partial charge < -0.3 is 10.1 Å². The van der Waals surface area contributed by atoms with Crippen LogP contribution in [0.25, 0.3) is 0 Å². The van der Waals surface area contributed by atoms with Gasteiger partial charge in [-0.05, 0) is 50.8 Å². The van der Waals surface area contributed by atoms with Crippen molar-refractivity contribution < 1.29 is 4.74 Å². The summed E-state index contributed by atoms with van der Waals surface area (Å²) in [6.07, 6.45) is 5.33. The van der Waals surface area contributed by atoms with Crippen LogP contribution in [0.3, 0.4) is 0 Å². The number of ether oxygens (including phenoxy) is 1. The van der Waals surface area contributed by atoms with Gasteiger partial charge >= 0.3 is 0 Å². The lowest BCUT2D eigenvalue weighted by Crippen LogP contribution is -2.50. The summed E-state index contributed by atoms with van der Waals surface area (Å²) < 4.78 is 5.79. The number of piperidine rings is 1. The SMILES string of the molecule is CCOC1CCN(C2CCc3ccccc3C2NC)CC1. The minimum Gasteiger partial charge on any atom is -0.378 e. The molecule has 0 amide bonds. The van der Waals surface area contributed by atoms with Crippen LogP contribution in [-0.2, 0) is 11.2 Å². The molecule has 0 bridgehead atoms. The number of hydrogen-bond donors (Lipinski definition) is 1. The van der Waals surface area contributed by atoms with E-state index in [0.29, 0.717) is 18.2 Å². The third kappa shape index (κ3) is 3.15. The van der Waals surface area contributed by atoms with Crippen LogP contribution in [0.15, 0.2) is 24.3 Å². The minimum atomic E-state index is 0.471. The van der Waals surface area contributed by atoms with Gasteiger partial charge in [-0.2, -0.15) is 0 Å². The number of likely N-dealkylation sites (tertiary alicyclic amines) is 1. The average molecular weight is 288 g/mol. The van der Waals surface area contributed by atoms with Gasteiger partial charge in [-0.25, -0.2) is 0 Å². The molecule has 3 rings (SSSR count). The predicted molar refractivity (Wildman–Crippen MR) is 86.6 cm³/mol. The van der Waals surface area contributed by atoms with Gasteiger partial charge in [0.05, 0.1) is 6.10 Å². The number of aryl methyl sites for hydroxylation is 1. The first-order valence-corrected chi connectivity index (χ1v) is 8.44. The molecule has 3 nitrogen and oxygen atoms in total. The number of likely N-dealkylation sites (N-methyl/N-ethyl adjacent to an activating group) is 1. The highest BCUT2D eigenvalue weighted by atomic mass is 16.5. The third-order valence-electron chi connectivity index (χ3n) is 5.14.